The molecule has 176 valence electrons. The predicted molar refractivity (Wildman–Crippen MR) is 120 cm³/mol. The summed E-state index contributed by atoms with van der Waals surface area (Å²) in [5, 5.41) is 9.63. The van der Waals surface area contributed by atoms with E-state index in [0.29, 0.717) is 30.8 Å². The average Bonchev–Trinajstić information content (AvgIpc) is 3.19. The number of benzene rings is 2. The van der Waals surface area contributed by atoms with Crippen molar-refractivity contribution in [1.82, 2.24) is 4.90 Å². The van der Waals surface area contributed by atoms with E-state index < -0.39 is 29.1 Å². The van der Waals surface area contributed by atoms with Gasteiger partial charge in [0.05, 0.1) is 29.7 Å². The first-order valence-corrected chi connectivity index (χ1v) is 11.5. The maximum atomic E-state index is 13.6. The highest BCUT2D eigenvalue weighted by atomic mass is 16.6. The molecule has 1 N–H and O–H groups in total. The van der Waals surface area contributed by atoms with Crippen LogP contribution in [0.5, 0.6) is 11.5 Å². The van der Waals surface area contributed by atoms with Crippen LogP contribution in [0.25, 0.3) is 0 Å². The Hall–Kier alpha value is -3.39. The van der Waals surface area contributed by atoms with E-state index in [2.05, 4.69) is 4.90 Å². The van der Waals surface area contributed by atoms with Crippen molar-refractivity contribution in [2.24, 2.45) is 0 Å². The number of ether oxygens (including phenoxy) is 3. The SMILES string of the molecule is COc1ccc2c3c1O[C@H]1C(=O)CCC4(OC(=O)c5ccccc5C(=O)O)[C@@H](C2)N(C)CC[C@]314. The number of nitrogens with zero attached hydrogens (tertiary/aromatic N) is 1. The van der Waals surface area contributed by atoms with Gasteiger partial charge in [0.2, 0.25) is 0 Å². The van der Waals surface area contributed by atoms with E-state index >= 15 is 0 Å². The van der Waals surface area contributed by atoms with E-state index in [-0.39, 0.29) is 29.4 Å². The number of hydrogen-bond donors (Lipinski definition) is 1. The van der Waals surface area contributed by atoms with Crippen molar-refractivity contribution < 1.29 is 33.7 Å². The molecule has 0 amide bonds. The number of likely N-dealkylation sites (N-methyl/N-ethyl adjacent to an activating group) is 1. The minimum absolute atomic E-state index is 0.00512. The molecule has 4 aliphatic rings. The first-order valence-electron chi connectivity index (χ1n) is 11.5. The van der Waals surface area contributed by atoms with E-state index in [0.717, 1.165) is 17.7 Å². The van der Waals surface area contributed by atoms with Crippen LogP contribution in [0.2, 0.25) is 0 Å². The molecule has 34 heavy (non-hydrogen) atoms. The number of methoxy groups -OCH3 is 1. The number of esters is 1. The lowest BCUT2D eigenvalue weighted by molar-refractivity contribution is -0.186. The summed E-state index contributed by atoms with van der Waals surface area (Å²) in [6.07, 6.45) is 1.01. The second-order valence-corrected chi connectivity index (χ2v) is 9.65. The van der Waals surface area contributed by atoms with E-state index in [1.807, 2.05) is 19.2 Å². The maximum Gasteiger partial charge on any atom is 0.339 e. The Morgan fingerprint density at radius 1 is 1.15 bits per heavy atom. The summed E-state index contributed by atoms with van der Waals surface area (Å²) in [4.78, 5) is 40.8. The molecule has 2 bridgehead atoms. The van der Waals surface area contributed by atoms with Crippen LogP contribution in [0.3, 0.4) is 0 Å². The standard InChI is InChI=1S/C26H25NO7/c1-27-12-11-25-20-14-7-8-18(32-2)21(20)33-22(25)17(28)9-10-26(25,19(27)13-14)34-24(31)16-6-4-3-5-15(16)23(29)30/h3-8,19,22H,9-13H2,1-2H3,(H,29,30)/t19-,22+,25+,26?/m1/s1. The molecular formula is C26H25NO7. The molecule has 2 aromatic rings. The number of carbonyl (C=O) groups excluding carboxylic acids is 2. The van der Waals surface area contributed by atoms with Gasteiger partial charge in [-0.2, -0.15) is 0 Å². The fourth-order valence-corrected chi connectivity index (χ4v) is 6.93. The molecule has 1 unspecified atom stereocenters. The van der Waals surface area contributed by atoms with Crippen LogP contribution in [-0.2, 0) is 21.4 Å². The molecule has 6 rings (SSSR count). The van der Waals surface area contributed by atoms with Crippen LogP contribution in [0.1, 0.15) is 51.1 Å². The largest absolute Gasteiger partial charge is 0.493 e. The zero-order valence-corrected chi connectivity index (χ0v) is 19.0. The Bertz CT molecular complexity index is 1260. The molecule has 8 heteroatoms. The van der Waals surface area contributed by atoms with E-state index in [1.54, 1.807) is 19.2 Å². The highest BCUT2D eigenvalue weighted by molar-refractivity contribution is 6.02. The van der Waals surface area contributed by atoms with Gasteiger partial charge >= 0.3 is 11.9 Å². The number of carboxylic acid groups (broad SMARTS) is 1. The number of carbonyl (C=O) groups is 3. The van der Waals surface area contributed by atoms with Crippen molar-refractivity contribution in [2.45, 2.75) is 48.8 Å². The van der Waals surface area contributed by atoms with Gasteiger partial charge < -0.3 is 19.3 Å². The minimum Gasteiger partial charge on any atom is -0.493 e. The van der Waals surface area contributed by atoms with Crippen LogP contribution in [-0.4, -0.2) is 66.2 Å². The topological polar surface area (TPSA) is 102 Å². The fraction of sp³-hybridized carbons (Fsp3) is 0.423. The van der Waals surface area contributed by atoms with Gasteiger partial charge in [-0.05, 0) is 56.6 Å². The van der Waals surface area contributed by atoms with Crippen molar-refractivity contribution in [3.8, 4) is 11.5 Å². The number of piperidine rings is 1. The Balaban J connectivity index is 1.56. The number of carboxylic acids is 1. The lowest BCUT2D eigenvalue weighted by Gasteiger charge is -2.63. The lowest BCUT2D eigenvalue weighted by atomic mass is 9.49. The molecule has 4 atom stereocenters. The Labute approximate surface area is 196 Å². The van der Waals surface area contributed by atoms with Crippen LogP contribution in [0.4, 0.5) is 0 Å². The van der Waals surface area contributed by atoms with Gasteiger partial charge in [0.25, 0.3) is 0 Å². The first-order chi connectivity index (χ1) is 16.3. The summed E-state index contributed by atoms with van der Waals surface area (Å²) in [6, 6.07) is 9.78. The van der Waals surface area contributed by atoms with Crippen molar-refractivity contribution in [3.63, 3.8) is 0 Å². The maximum absolute atomic E-state index is 13.6. The molecule has 2 aliphatic carbocycles. The molecule has 2 aromatic carbocycles. The van der Waals surface area contributed by atoms with Gasteiger partial charge in [-0.1, -0.05) is 18.2 Å². The summed E-state index contributed by atoms with van der Waals surface area (Å²) in [5.41, 5.74) is 0.00213. The van der Waals surface area contributed by atoms with Gasteiger partial charge in [0.1, 0.15) is 5.60 Å². The number of hydrogen-bond acceptors (Lipinski definition) is 7. The molecule has 1 saturated carbocycles. The minimum atomic E-state index is -1.19. The molecule has 0 radical (unpaired) electrons. The zero-order chi connectivity index (χ0) is 23.8. The monoisotopic (exact) mass is 463 g/mol. The number of rotatable bonds is 4. The number of aromatic carboxylic acids is 1. The first kappa shape index (κ1) is 21.2. The van der Waals surface area contributed by atoms with Crippen LogP contribution in [0, 0.1) is 0 Å². The third-order valence-corrected chi connectivity index (χ3v) is 8.34. The predicted octanol–water partition coefficient (Wildman–Crippen LogP) is 2.61. The molecule has 2 fully saturated rings. The Kier molecular flexibility index (Phi) is 4.39. The van der Waals surface area contributed by atoms with Gasteiger partial charge in [-0.3, -0.25) is 9.69 Å². The summed E-state index contributed by atoms with van der Waals surface area (Å²) >= 11 is 0. The molecular weight excluding hydrogens is 438 g/mol. The highest BCUT2D eigenvalue weighted by Crippen LogP contribution is 2.66. The normalized spacial score (nSPS) is 30.8. The molecule has 2 heterocycles. The molecule has 1 spiro atoms. The lowest BCUT2D eigenvalue weighted by Crippen LogP contribution is -2.77. The van der Waals surface area contributed by atoms with Crippen molar-refractivity contribution in [3.05, 3.63) is 58.7 Å². The van der Waals surface area contributed by atoms with Gasteiger partial charge in [-0.25, -0.2) is 9.59 Å². The average molecular weight is 463 g/mol. The second kappa shape index (κ2) is 7.06. The third-order valence-electron chi connectivity index (χ3n) is 8.34. The van der Waals surface area contributed by atoms with Crippen LogP contribution >= 0.6 is 0 Å². The van der Waals surface area contributed by atoms with Crippen molar-refractivity contribution in [1.29, 1.82) is 0 Å². The van der Waals surface area contributed by atoms with Crippen molar-refractivity contribution in [2.75, 3.05) is 20.7 Å². The second-order valence-electron chi connectivity index (χ2n) is 9.65. The molecule has 0 aromatic heterocycles. The number of Topliss-reactive ketones (excluding diaryl/α,β-unsaturated/α-hetero) is 1. The highest BCUT2D eigenvalue weighted by Gasteiger charge is 2.75. The van der Waals surface area contributed by atoms with Gasteiger partial charge in [-0.15, -0.1) is 0 Å². The molecule has 2 aliphatic heterocycles. The molecule has 8 nitrogen and oxygen atoms in total. The smallest absolute Gasteiger partial charge is 0.339 e. The zero-order valence-electron chi connectivity index (χ0n) is 19.0. The third kappa shape index (κ3) is 2.44. The van der Waals surface area contributed by atoms with Crippen LogP contribution < -0.4 is 9.47 Å². The van der Waals surface area contributed by atoms with Crippen molar-refractivity contribution >= 4 is 17.7 Å². The number of ketones is 1. The van der Waals surface area contributed by atoms with E-state index in [1.165, 1.54) is 12.1 Å². The Morgan fingerprint density at radius 2 is 1.91 bits per heavy atom. The quantitative estimate of drug-likeness (QED) is 0.691. The van der Waals surface area contributed by atoms with E-state index in [4.69, 9.17) is 14.2 Å². The fourth-order valence-electron chi connectivity index (χ4n) is 6.93. The summed E-state index contributed by atoms with van der Waals surface area (Å²) < 4.78 is 18.4. The molecule has 1 saturated heterocycles. The number of likely N-dealkylation sites (tertiary alicyclic amines) is 1. The van der Waals surface area contributed by atoms with Gasteiger partial charge in [0.15, 0.2) is 23.4 Å². The Morgan fingerprint density at radius 3 is 2.65 bits per heavy atom. The summed E-state index contributed by atoms with van der Waals surface area (Å²) in [7, 11) is 3.58. The van der Waals surface area contributed by atoms with E-state index in [9.17, 15) is 19.5 Å². The summed E-state index contributed by atoms with van der Waals surface area (Å²) in [6.45, 7) is 0.721. The van der Waals surface area contributed by atoms with Gasteiger partial charge in [0, 0.05) is 12.0 Å². The summed E-state index contributed by atoms with van der Waals surface area (Å²) in [5.74, 6) is -0.765. The van der Waals surface area contributed by atoms with Crippen LogP contribution in [0.15, 0.2) is 36.4 Å².